The van der Waals surface area contributed by atoms with Crippen molar-refractivity contribution >= 4 is 17.7 Å². The first-order valence-corrected chi connectivity index (χ1v) is 9.29. The molecule has 0 radical (unpaired) electrons. The molecule has 6 nitrogen and oxygen atoms in total. The van der Waals surface area contributed by atoms with Gasteiger partial charge in [0.1, 0.15) is 0 Å². The van der Waals surface area contributed by atoms with Crippen LogP contribution < -0.4 is 10.2 Å². The maximum Gasteiger partial charge on any atom is 0.338 e. The maximum atomic E-state index is 12.6. The zero-order chi connectivity index (χ0) is 19.3. The molecule has 0 aliphatic carbocycles. The third-order valence-corrected chi connectivity index (χ3v) is 4.76. The minimum atomic E-state index is -0.505. The number of urea groups is 1. The second-order valence-corrected chi connectivity index (χ2v) is 6.11. The molecule has 0 saturated carbocycles. The number of nitrogens with one attached hydrogen (secondary N) is 1. The van der Waals surface area contributed by atoms with Crippen LogP contribution >= 0.6 is 0 Å². The molecule has 26 heavy (non-hydrogen) atoms. The summed E-state index contributed by atoms with van der Waals surface area (Å²) in [6, 6.07) is 7.28. The van der Waals surface area contributed by atoms with Gasteiger partial charge in [0.2, 0.25) is 0 Å². The SMILES string of the molecule is CCOC(=O)C1=C(C)N(CC)C(=O)N[C@@H]1c1ccc(N(CC)CC)cc1. The molecule has 0 bridgehead atoms. The summed E-state index contributed by atoms with van der Waals surface area (Å²) in [6.45, 7) is 12.3. The number of carbonyl (C=O) groups is 2. The largest absolute Gasteiger partial charge is 0.463 e. The van der Waals surface area contributed by atoms with Crippen LogP contribution in [0.4, 0.5) is 10.5 Å². The van der Waals surface area contributed by atoms with Crippen molar-refractivity contribution in [1.29, 1.82) is 0 Å². The molecular formula is C20H29N3O3. The van der Waals surface area contributed by atoms with Gasteiger partial charge in [0.15, 0.2) is 0 Å². The molecule has 1 aromatic rings. The van der Waals surface area contributed by atoms with Gasteiger partial charge in [-0.25, -0.2) is 9.59 Å². The number of amides is 2. The summed E-state index contributed by atoms with van der Waals surface area (Å²) >= 11 is 0. The van der Waals surface area contributed by atoms with Crippen LogP contribution in [0.5, 0.6) is 0 Å². The van der Waals surface area contributed by atoms with Crippen LogP contribution in [0.1, 0.15) is 46.2 Å². The fourth-order valence-corrected chi connectivity index (χ4v) is 3.35. The van der Waals surface area contributed by atoms with E-state index in [4.69, 9.17) is 4.74 Å². The minimum Gasteiger partial charge on any atom is -0.463 e. The third kappa shape index (κ3) is 3.84. The van der Waals surface area contributed by atoms with Gasteiger partial charge in [-0.3, -0.25) is 4.90 Å². The highest BCUT2D eigenvalue weighted by Gasteiger charge is 2.35. The van der Waals surface area contributed by atoms with E-state index in [0.29, 0.717) is 24.4 Å². The van der Waals surface area contributed by atoms with Gasteiger partial charge < -0.3 is 15.0 Å². The lowest BCUT2D eigenvalue weighted by atomic mass is 9.94. The van der Waals surface area contributed by atoms with E-state index in [1.165, 1.54) is 0 Å². The first kappa shape index (κ1) is 19.8. The first-order valence-electron chi connectivity index (χ1n) is 9.29. The molecule has 1 aliphatic rings. The second-order valence-electron chi connectivity index (χ2n) is 6.11. The van der Waals surface area contributed by atoms with E-state index in [2.05, 4.69) is 24.1 Å². The van der Waals surface area contributed by atoms with E-state index in [9.17, 15) is 9.59 Å². The van der Waals surface area contributed by atoms with Gasteiger partial charge >= 0.3 is 12.0 Å². The number of nitrogens with zero attached hydrogens (tertiary/aromatic N) is 2. The fraction of sp³-hybridized carbons (Fsp3) is 0.500. The van der Waals surface area contributed by atoms with Crippen molar-refractivity contribution in [2.75, 3.05) is 31.1 Å². The number of benzene rings is 1. The Hall–Kier alpha value is -2.50. The lowest BCUT2D eigenvalue weighted by Gasteiger charge is -2.35. The Balaban J connectivity index is 2.43. The van der Waals surface area contributed by atoms with Crippen LogP contribution in [0.15, 0.2) is 35.5 Å². The monoisotopic (exact) mass is 359 g/mol. The molecule has 1 heterocycles. The van der Waals surface area contributed by atoms with E-state index >= 15 is 0 Å². The summed E-state index contributed by atoms with van der Waals surface area (Å²) in [5, 5.41) is 2.94. The van der Waals surface area contributed by atoms with Crippen molar-refractivity contribution in [3.63, 3.8) is 0 Å². The molecule has 0 unspecified atom stereocenters. The number of hydrogen-bond donors (Lipinski definition) is 1. The number of hydrogen-bond acceptors (Lipinski definition) is 4. The Morgan fingerprint density at radius 1 is 1.15 bits per heavy atom. The predicted molar refractivity (Wildman–Crippen MR) is 103 cm³/mol. The fourth-order valence-electron chi connectivity index (χ4n) is 3.35. The zero-order valence-electron chi connectivity index (χ0n) is 16.3. The van der Waals surface area contributed by atoms with Gasteiger partial charge in [-0.05, 0) is 52.3 Å². The Morgan fingerprint density at radius 2 is 1.77 bits per heavy atom. The van der Waals surface area contributed by atoms with E-state index in [1.807, 2.05) is 31.2 Å². The number of ether oxygens (including phenoxy) is 1. The molecule has 0 saturated heterocycles. The van der Waals surface area contributed by atoms with Crippen molar-refractivity contribution in [2.45, 2.75) is 40.7 Å². The molecule has 1 aromatic carbocycles. The van der Waals surface area contributed by atoms with Crippen LogP contribution in [0.2, 0.25) is 0 Å². The number of anilines is 1. The summed E-state index contributed by atoms with van der Waals surface area (Å²) in [5.74, 6) is -0.388. The molecule has 0 fully saturated rings. The zero-order valence-corrected chi connectivity index (χ0v) is 16.3. The summed E-state index contributed by atoms with van der Waals surface area (Å²) in [7, 11) is 0. The van der Waals surface area contributed by atoms with Crippen molar-refractivity contribution in [1.82, 2.24) is 10.2 Å². The second kappa shape index (κ2) is 8.74. The molecule has 142 valence electrons. The molecule has 0 spiro atoms. The third-order valence-electron chi connectivity index (χ3n) is 4.76. The van der Waals surface area contributed by atoms with Crippen LogP contribution in [0.25, 0.3) is 0 Å². The molecule has 1 atom stereocenters. The smallest absolute Gasteiger partial charge is 0.338 e. The Morgan fingerprint density at radius 3 is 2.27 bits per heavy atom. The highest BCUT2D eigenvalue weighted by atomic mass is 16.5. The topological polar surface area (TPSA) is 61.9 Å². The van der Waals surface area contributed by atoms with Gasteiger partial charge in [-0.1, -0.05) is 12.1 Å². The standard InChI is InChI=1S/C20H29N3O3/c1-6-22(7-2)16-12-10-15(11-13-16)18-17(19(24)26-9-4)14(5)23(8-3)20(25)21-18/h10-13,18H,6-9H2,1-5H3,(H,21,25)/t18-/m1/s1. The summed E-state index contributed by atoms with van der Waals surface area (Å²) < 4.78 is 5.25. The molecule has 1 N–H and O–H groups in total. The quantitative estimate of drug-likeness (QED) is 0.758. The highest BCUT2D eigenvalue weighted by molar-refractivity contribution is 5.95. The van der Waals surface area contributed by atoms with Gasteiger partial charge in [0.05, 0.1) is 18.2 Å². The van der Waals surface area contributed by atoms with Crippen LogP contribution in [-0.4, -0.2) is 43.1 Å². The molecule has 1 aliphatic heterocycles. The van der Waals surface area contributed by atoms with Crippen LogP contribution in [0, 0.1) is 0 Å². The van der Waals surface area contributed by atoms with Crippen LogP contribution in [0.3, 0.4) is 0 Å². The number of rotatable bonds is 7. The van der Waals surface area contributed by atoms with Gasteiger partial charge in [-0.2, -0.15) is 0 Å². The minimum absolute atomic E-state index is 0.198. The molecule has 2 amide bonds. The van der Waals surface area contributed by atoms with Gasteiger partial charge in [-0.15, -0.1) is 0 Å². The van der Waals surface area contributed by atoms with Crippen molar-refractivity contribution in [2.24, 2.45) is 0 Å². The lowest BCUT2D eigenvalue weighted by molar-refractivity contribution is -0.139. The first-order chi connectivity index (χ1) is 12.5. The number of esters is 1. The molecule has 0 aromatic heterocycles. The highest BCUT2D eigenvalue weighted by Crippen LogP contribution is 2.32. The van der Waals surface area contributed by atoms with Crippen molar-refractivity contribution in [3.8, 4) is 0 Å². The maximum absolute atomic E-state index is 12.6. The molecule has 2 rings (SSSR count). The average molecular weight is 359 g/mol. The summed E-state index contributed by atoms with van der Waals surface area (Å²) in [6.07, 6.45) is 0. The Kier molecular flexibility index (Phi) is 6.66. The summed E-state index contributed by atoms with van der Waals surface area (Å²) in [5.41, 5.74) is 3.12. The van der Waals surface area contributed by atoms with Crippen LogP contribution in [-0.2, 0) is 9.53 Å². The van der Waals surface area contributed by atoms with E-state index in [1.54, 1.807) is 18.7 Å². The molecule has 6 heteroatoms. The lowest BCUT2D eigenvalue weighted by Crippen LogP contribution is -2.47. The Bertz CT molecular complexity index is 678. The Labute approximate surface area is 155 Å². The van der Waals surface area contributed by atoms with Crippen molar-refractivity contribution < 1.29 is 14.3 Å². The van der Waals surface area contributed by atoms with E-state index in [-0.39, 0.29) is 12.0 Å². The predicted octanol–water partition coefficient (Wildman–Crippen LogP) is 3.46. The average Bonchev–Trinajstić information content (AvgIpc) is 2.63. The normalized spacial score (nSPS) is 17.2. The van der Waals surface area contributed by atoms with Gasteiger partial charge in [0, 0.05) is 31.0 Å². The molecular weight excluding hydrogens is 330 g/mol. The van der Waals surface area contributed by atoms with E-state index in [0.717, 1.165) is 24.3 Å². The summed E-state index contributed by atoms with van der Waals surface area (Å²) in [4.78, 5) is 28.8. The number of allylic oxidation sites excluding steroid dienone is 1. The van der Waals surface area contributed by atoms with E-state index < -0.39 is 6.04 Å². The van der Waals surface area contributed by atoms with Crippen molar-refractivity contribution in [3.05, 3.63) is 41.1 Å². The number of carbonyl (C=O) groups excluding carboxylic acids is 2. The van der Waals surface area contributed by atoms with Gasteiger partial charge in [0.25, 0.3) is 0 Å².